The van der Waals surface area contributed by atoms with Crippen LogP contribution in [0.15, 0.2) is 10.5 Å². The molecule has 0 bridgehead atoms. The number of aryl methyl sites for hydroxylation is 1. The van der Waals surface area contributed by atoms with E-state index in [1.165, 1.54) is 32.9 Å². The molecule has 162 valence electrons. The molecular weight excluding hydrogens is 403 g/mol. The predicted octanol–water partition coefficient (Wildman–Crippen LogP) is 3.28. The Kier molecular flexibility index (Phi) is 5.07. The minimum atomic E-state index is -4.61. The fourth-order valence-electron chi connectivity index (χ4n) is 3.77. The van der Waals surface area contributed by atoms with Gasteiger partial charge in [-0.15, -0.1) is 5.10 Å². The van der Waals surface area contributed by atoms with Gasteiger partial charge in [-0.3, -0.25) is 4.79 Å². The highest BCUT2D eigenvalue weighted by atomic mass is 19.4. The van der Waals surface area contributed by atoms with Gasteiger partial charge in [0.1, 0.15) is 5.56 Å². The van der Waals surface area contributed by atoms with E-state index in [0.717, 1.165) is 25.9 Å². The van der Waals surface area contributed by atoms with Gasteiger partial charge >= 0.3 is 12.2 Å². The maximum Gasteiger partial charge on any atom is 0.433 e. The Hall–Kier alpha value is -2.85. The van der Waals surface area contributed by atoms with Gasteiger partial charge in [-0.2, -0.15) is 13.2 Å². The average molecular weight is 425 g/mol. The smallest absolute Gasteiger partial charge is 0.433 e. The number of nitrogens with one attached hydrogen (secondary N) is 1. The van der Waals surface area contributed by atoms with Gasteiger partial charge in [-0.05, 0) is 49.7 Å². The Balaban J connectivity index is 1.42. The molecule has 3 heterocycles. The van der Waals surface area contributed by atoms with Crippen LogP contribution in [0.5, 0.6) is 5.88 Å². The molecule has 1 saturated heterocycles. The number of hydrogen-bond donors (Lipinski definition) is 1. The van der Waals surface area contributed by atoms with Crippen LogP contribution < -0.4 is 10.1 Å². The van der Waals surface area contributed by atoms with E-state index in [1.54, 1.807) is 0 Å². The third-order valence-corrected chi connectivity index (χ3v) is 5.82. The van der Waals surface area contributed by atoms with Crippen molar-refractivity contribution in [3.05, 3.63) is 17.3 Å². The van der Waals surface area contributed by atoms with Gasteiger partial charge in [-0.25, -0.2) is 4.98 Å². The number of piperidine rings is 1. The Bertz CT molecular complexity index is 945. The highest BCUT2D eigenvalue weighted by Crippen LogP contribution is 2.53. The quantitative estimate of drug-likeness (QED) is 0.786. The molecule has 0 radical (unpaired) electrons. The predicted molar refractivity (Wildman–Crippen MR) is 99.8 cm³/mol. The van der Waals surface area contributed by atoms with Gasteiger partial charge in [0.15, 0.2) is 5.69 Å². The molecule has 4 rings (SSSR count). The fraction of sp³-hybridized carbons (Fsp3) is 0.579. The Labute approximate surface area is 170 Å². The first-order chi connectivity index (χ1) is 14.2. The molecule has 1 aliphatic heterocycles. The number of ether oxygens (including phenoxy) is 1. The molecule has 1 saturated carbocycles. The lowest BCUT2D eigenvalue weighted by Crippen LogP contribution is -2.41. The highest BCUT2D eigenvalue weighted by molar-refractivity contribution is 5.80. The number of carbonyl (C=O) groups excluding carboxylic acids is 1. The van der Waals surface area contributed by atoms with Crippen molar-refractivity contribution in [1.82, 2.24) is 20.1 Å². The number of pyridine rings is 1. The highest BCUT2D eigenvalue weighted by Gasteiger charge is 2.45. The fourth-order valence-corrected chi connectivity index (χ4v) is 3.77. The molecule has 11 heteroatoms. The second kappa shape index (κ2) is 7.44. The third-order valence-electron chi connectivity index (χ3n) is 5.82. The van der Waals surface area contributed by atoms with Gasteiger partial charge < -0.3 is 19.4 Å². The molecule has 30 heavy (non-hydrogen) atoms. The van der Waals surface area contributed by atoms with Crippen molar-refractivity contribution in [3.8, 4) is 17.3 Å². The number of alkyl halides is 3. The average Bonchev–Trinajstić information content (AvgIpc) is 3.28. The molecule has 2 aliphatic rings. The molecule has 1 spiro atoms. The van der Waals surface area contributed by atoms with E-state index in [2.05, 4.69) is 20.5 Å². The van der Waals surface area contributed by atoms with Gasteiger partial charge in [0.25, 0.3) is 5.89 Å². The second-order valence-electron chi connectivity index (χ2n) is 7.86. The van der Waals surface area contributed by atoms with E-state index >= 15 is 0 Å². The first kappa shape index (κ1) is 20.4. The summed E-state index contributed by atoms with van der Waals surface area (Å²) < 4.78 is 49.6. The van der Waals surface area contributed by atoms with E-state index in [0.29, 0.717) is 5.41 Å². The van der Waals surface area contributed by atoms with Crippen LogP contribution in [0, 0.1) is 12.3 Å². The summed E-state index contributed by atoms with van der Waals surface area (Å²) in [7, 11) is 1.21. The van der Waals surface area contributed by atoms with Crippen LogP contribution in [0.4, 0.5) is 19.2 Å². The van der Waals surface area contributed by atoms with E-state index in [9.17, 15) is 18.0 Å². The number of rotatable bonds is 5. The number of carbonyl (C=O) groups is 1. The monoisotopic (exact) mass is 425 g/mol. The molecule has 0 unspecified atom stereocenters. The van der Waals surface area contributed by atoms with Crippen molar-refractivity contribution in [2.45, 2.75) is 38.8 Å². The van der Waals surface area contributed by atoms with Crippen LogP contribution in [0.3, 0.4) is 0 Å². The minimum absolute atomic E-state index is 0.00391. The van der Waals surface area contributed by atoms with Gasteiger partial charge in [0.2, 0.25) is 11.8 Å². The number of likely N-dealkylation sites (tertiary alicyclic amines) is 1. The summed E-state index contributed by atoms with van der Waals surface area (Å²) in [5.74, 6) is -0.392. The SMILES string of the molecule is COc1nc(C(F)(F)F)c(C)cc1-c1nnc(NCC(=O)N2CCC3(CC2)CC3)o1. The summed E-state index contributed by atoms with van der Waals surface area (Å²) in [4.78, 5) is 17.8. The van der Waals surface area contributed by atoms with Crippen LogP contribution in [-0.4, -0.2) is 52.7 Å². The number of hydrogen-bond acceptors (Lipinski definition) is 7. The molecule has 2 aromatic rings. The molecule has 0 atom stereocenters. The number of halogens is 3. The molecule has 1 aliphatic carbocycles. The van der Waals surface area contributed by atoms with Crippen LogP contribution in [0.2, 0.25) is 0 Å². The Morgan fingerprint density at radius 2 is 1.97 bits per heavy atom. The summed E-state index contributed by atoms with van der Waals surface area (Å²) in [6.45, 7) is 2.79. The lowest BCUT2D eigenvalue weighted by Gasteiger charge is -2.32. The summed E-state index contributed by atoms with van der Waals surface area (Å²) in [6.07, 6.45) is 0.0119. The van der Waals surface area contributed by atoms with Crippen LogP contribution in [0.1, 0.15) is 36.9 Å². The number of nitrogens with zero attached hydrogens (tertiary/aromatic N) is 4. The number of anilines is 1. The Morgan fingerprint density at radius 1 is 1.27 bits per heavy atom. The molecule has 1 amide bonds. The van der Waals surface area contributed by atoms with Crippen molar-refractivity contribution in [2.24, 2.45) is 5.41 Å². The van der Waals surface area contributed by atoms with Gasteiger partial charge in [0.05, 0.1) is 13.7 Å². The summed E-state index contributed by atoms with van der Waals surface area (Å²) in [5.41, 5.74) is -0.514. The zero-order valence-electron chi connectivity index (χ0n) is 16.7. The van der Waals surface area contributed by atoms with Crippen molar-refractivity contribution >= 4 is 11.9 Å². The van der Waals surface area contributed by atoms with Crippen molar-refractivity contribution in [1.29, 1.82) is 0 Å². The topological polar surface area (TPSA) is 93.4 Å². The molecule has 1 N–H and O–H groups in total. The standard InChI is InChI=1S/C19H22F3N5O3/c1-11-9-12(15(29-2)24-14(11)19(20,21)22)16-25-26-17(30-16)23-10-13(28)27-7-5-18(3-4-18)6-8-27/h9H,3-8,10H2,1-2H3,(H,23,26). The van der Waals surface area contributed by atoms with E-state index in [4.69, 9.17) is 9.15 Å². The largest absolute Gasteiger partial charge is 0.480 e. The number of methoxy groups -OCH3 is 1. The third kappa shape index (κ3) is 4.05. The number of amides is 1. The van der Waals surface area contributed by atoms with Crippen LogP contribution >= 0.6 is 0 Å². The van der Waals surface area contributed by atoms with E-state index in [1.807, 2.05) is 4.90 Å². The van der Waals surface area contributed by atoms with Crippen molar-refractivity contribution in [3.63, 3.8) is 0 Å². The molecule has 8 nitrogen and oxygen atoms in total. The maximum atomic E-state index is 13.1. The molecule has 0 aromatic carbocycles. The normalized spacial score (nSPS) is 17.8. The first-order valence-electron chi connectivity index (χ1n) is 9.69. The first-order valence-corrected chi connectivity index (χ1v) is 9.69. The van der Waals surface area contributed by atoms with Gasteiger partial charge in [0, 0.05) is 13.1 Å². The van der Waals surface area contributed by atoms with Crippen molar-refractivity contribution < 1.29 is 27.1 Å². The molecule has 2 fully saturated rings. The van der Waals surface area contributed by atoms with Gasteiger partial charge in [-0.1, -0.05) is 5.10 Å². The van der Waals surface area contributed by atoms with Crippen LogP contribution in [-0.2, 0) is 11.0 Å². The van der Waals surface area contributed by atoms with Crippen LogP contribution in [0.25, 0.3) is 11.5 Å². The summed E-state index contributed by atoms with van der Waals surface area (Å²) >= 11 is 0. The van der Waals surface area contributed by atoms with E-state index in [-0.39, 0.29) is 41.4 Å². The van der Waals surface area contributed by atoms with Crippen molar-refractivity contribution in [2.75, 3.05) is 32.1 Å². The maximum absolute atomic E-state index is 13.1. The minimum Gasteiger partial charge on any atom is -0.480 e. The van der Waals surface area contributed by atoms with E-state index < -0.39 is 11.9 Å². The number of aromatic nitrogens is 3. The second-order valence-corrected chi connectivity index (χ2v) is 7.86. The zero-order chi connectivity index (χ0) is 21.5. The molecular formula is C19H22F3N5O3. The molecule has 2 aromatic heterocycles. The Morgan fingerprint density at radius 3 is 2.57 bits per heavy atom. The lowest BCUT2D eigenvalue weighted by atomic mass is 9.94. The zero-order valence-corrected chi connectivity index (χ0v) is 16.7. The summed E-state index contributed by atoms with van der Waals surface area (Å²) in [5, 5.41) is 10.4. The summed E-state index contributed by atoms with van der Waals surface area (Å²) in [6, 6.07) is 1.23. The lowest BCUT2D eigenvalue weighted by molar-refractivity contribution is -0.141.